The summed E-state index contributed by atoms with van der Waals surface area (Å²) in [6, 6.07) is 1.81. The number of phenolic OH excluding ortho intramolecular Hbond substituents is 1. The maximum Gasteiger partial charge on any atom is 0.419 e. The summed E-state index contributed by atoms with van der Waals surface area (Å²) >= 11 is 0. The molecule has 0 aliphatic heterocycles. The van der Waals surface area contributed by atoms with Crippen LogP contribution in [0.4, 0.5) is 13.2 Å². The molecule has 0 saturated carbocycles. The number of methoxy groups -OCH3 is 1. The molecule has 78 valence electrons. The van der Waals surface area contributed by atoms with Gasteiger partial charge in [0.1, 0.15) is 11.5 Å². The average Bonchev–Trinajstić information content (AvgIpc) is 2.07. The highest BCUT2D eigenvalue weighted by molar-refractivity contribution is 5.46. The van der Waals surface area contributed by atoms with Gasteiger partial charge in [0.2, 0.25) is 0 Å². The molecule has 0 aromatic heterocycles. The number of hydrogen-bond acceptors (Lipinski definition) is 2. The third kappa shape index (κ3) is 1.92. The molecule has 14 heavy (non-hydrogen) atoms. The summed E-state index contributed by atoms with van der Waals surface area (Å²) in [5, 5.41) is 9.17. The van der Waals surface area contributed by atoms with Crippen LogP contribution in [-0.2, 0) is 6.18 Å². The smallest absolute Gasteiger partial charge is 0.419 e. The molecule has 0 saturated heterocycles. The largest absolute Gasteiger partial charge is 0.508 e. The Labute approximate surface area is 78.9 Å². The third-order valence-corrected chi connectivity index (χ3v) is 1.82. The van der Waals surface area contributed by atoms with E-state index in [1.165, 1.54) is 6.92 Å². The van der Waals surface area contributed by atoms with Crippen molar-refractivity contribution < 1.29 is 23.0 Å². The van der Waals surface area contributed by atoms with Gasteiger partial charge in [0.15, 0.2) is 0 Å². The Morgan fingerprint density at radius 3 is 2.29 bits per heavy atom. The number of ether oxygens (including phenoxy) is 1. The molecule has 1 N–H and O–H groups in total. The van der Waals surface area contributed by atoms with Crippen LogP contribution in [0.1, 0.15) is 11.1 Å². The maximum atomic E-state index is 12.4. The Bertz CT molecular complexity index is 345. The lowest BCUT2D eigenvalue weighted by Gasteiger charge is -2.13. The highest BCUT2D eigenvalue weighted by Crippen LogP contribution is 2.39. The van der Waals surface area contributed by atoms with Crippen molar-refractivity contribution in [3.63, 3.8) is 0 Å². The molecular weight excluding hydrogens is 197 g/mol. The van der Waals surface area contributed by atoms with Crippen molar-refractivity contribution >= 4 is 0 Å². The molecular formula is C9H9F3O2. The predicted molar refractivity (Wildman–Crippen MR) is 44.4 cm³/mol. The molecule has 2 nitrogen and oxygen atoms in total. The van der Waals surface area contributed by atoms with E-state index in [0.29, 0.717) is 0 Å². The normalized spacial score (nSPS) is 11.5. The average molecular weight is 206 g/mol. The topological polar surface area (TPSA) is 29.5 Å². The number of rotatable bonds is 1. The van der Waals surface area contributed by atoms with Gasteiger partial charge in [-0.15, -0.1) is 0 Å². The minimum atomic E-state index is -4.47. The van der Waals surface area contributed by atoms with Crippen molar-refractivity contribution in [2.75, 3.05) is 7.11 Å². The molecule has 0 amide bonds. The summed E-state index contributed by atoms with van der Waals surface area (Å²) in [6.07, 6.45) is -4.47. The lowest BCUT2D eigenvalue weighted by molar-refractivity contribution is -0.138. The molecule has 0 radical (unpaired) electrons. The van der Waals surface area contributed by atoms with Gasteiger partial charge in [0.25, 0.3) is 0 Å². The first-order valence-electron chi connectivity index (χ1n) is 3.81. The van der Waals surface area contributed by atoms with Gasteiger partial charge < -0.3 is 9.84 Å². The predicted octanol–water partition coefficient (Wildman–Crippen LogP) is 2.73. The second kappa shape index (κ2) is 3.40. The van der Waals surface area contributed by atoms with E-state index in [1.54, 1.807) is 0 Å². The Hall–Kier alpha value is -1.39. The summed E-state index contributed by atoms with van der Waals surface area (Å²) in [5.74, 6) is -0.588. The van der Waals surface area contributed by atoms with Gasteiger partial charge in [-0.1, -0.05) is 0 Å². The lowest BCUT2D eigenvalue weighted by atomic mass is 10.1. The van der Waals surface area contributed by atoms with Crippen LogP contribution in [0.25, 0.3) is 0 Å². The van der Waals surface area contributed by atoms with Crippen LogP contribution >= 0.6 is 0 Å². The molecule has 0 aliphatic rings. The monoisotopic (exact) mass is 206 g/mol. The Balaban J connectivity index is 3.35. The number of hydrogen-bond donors (Lipinski definition) is 1. The number of aromatic hydroxyl groups is 1. The van der Waals surface area contributed by atoms with E-state index in [2.05, 4.69) is 4.74 Å². The fourth-order valence-corrected chi connectivity index (χ4v) is 1.07. The van der Waals surface area contributed by atoms with Gasteiger partial charge in [-0.3, -0.25) is 0 Å². The van der Waals surface area contributed by atoms with Crippen molar-refractivity contribution in [3.8, 4) is 11.5 Å². The van der Waals surface area contributed by atoms with E-state index in [0.717, 1.165) is 19.2 Å². The number of alkyl halides is 3. The van der Waals surface area contributed by atoms with Crippen molar-refractivity contribution in [1.82, 2.24) is 0 Å². The molecule has 1 rings (SSSR count). The van der Waals surface area contributed by atoms with Crippen LogP contribution in [0.3, 0.4) is 0 Å². The third-order valence-electron chi connectivity index (χ3n) is 1.82. The Morgan fingerprint density at radius 2 is 1.86 bits per heavy atom. The van der Waals surface area contributed by atoms with Crippen LogP contribution in [0.5, 0.6) is 11.5 Å². The summed E-state index contributed by atoms with van der Waals surface area (Å²) in [7, 11) is 1.12. The fourth-order valence-electron chi connectivity index (χ4n) is 1.07. The summed E-state index contributed by atoms with van der Waals surface area (Å²) in [6.45, 7) is 1.39. The van der Waals surface area contributed by atoms with Gasteiger partial charge in [0.05, 0.1) is 12.7 Å². The van der Waals surface area contributed by atoms with Gasteiger partial charge >= 0.3 is 6.18 Å². The van der Waals surface area contributed by atoms with Crippen molar-refractivity contribution in [1.29, 1.82) is 0 Å². The van der Waals surface area contributed by atoms with Crippen molar-refractivity contribution in [2.24, 2.45) is 0 Å². The summed E-state index contributed by atoms with van der Waals surface area (Å²) < 4.78 is 41.7. The highest BCUT2D eigenvalue weighted by Gasteiger charge is 2.34. The van der Waals surface area contributed by atoms with E-state index in [1.807, 2.05) is 0 Å². The van der Waals surface area contributed by atoms with E-state index in [-0.39, 0.29) is 17.1 Å². The number of benzene rings is 1. The minimum Gasteiger partial charge on any atom is -0.508 e. The van der Waals surface area contributed by atoms with E-state index in [4.69, 9.17) is 0 Å². The SMILES string of the molecule is COc1cc(O)c(C)cc1C(F)(F)F. The molecule has 0 bridgehead atoms. The van der Waals surface area contributed by atoms with Crippen molar-refractivity contribution in [2.45, 2.75) is 13.1 Å². The second-order valence-electron chi connectivity index (χ2n) is 2.84. The zero-order valence-electron chi connectivity index (χ0n) is 7.64. The Morgan fingerprint density at radius 1 is 1.29 bits per heavy atom. The van der Waals surface area contributed by atoms with Crippen LogP contribution in [-0.4, -0.2) is 12.2 Å². The zero-order chi connectivity index (χ0) is 10.9. The molecule has 0 fully saturated rings. The van der Waals surface area contributed by atoms with Gasteiger partial charge in [-0.05, 0) is 18.6 Å². The first-order valence-corrected chi connectivity index (χ1v) is 3.81. The first kappa shape index (κ1) is 10.7. The van der Waals surface area contributed by atoms with Crippen LogP contribution in [0.2, 0.25) is 0 Å². The number of aryl methyl sites for hydroxylation is 1. The molecule has 1 aromatic carbocycles. The molecule has 0 unspecified atom stereocenters. The summed E-state index contributed by atoms with van der Waals surface area (Å²) in [4.78, 5) is 0. The standard InChI is InChI=1S/C9H9F3O2/c1-5-3-6(9(10,11)12)8(14-2)4-7(5)13/h3-4,13H,1-2H3. The fraction of sp³-hybridized carbons (Fsp3) is 0.333. The number of halogens is 3. The van der Waals surface area contributed by atoms with Gasteiger partial charge in [-0.25, -0.2) is 0 Å². The van der Waals surface area contributed by atoms with Crippen LogP contribution in [0.15, 0.2) is 12.1 Å². The quantitative estimate of drug-likeness (QED) is 0.765. The molecule has 0 aliphatic carbocycles. The maximum absolute atomic E-state index is 12.4. The second-order valence-corrected chi connectivity index (χ2v) is 2.84. The molecule has 0 heterocycles. The Kier molecular flexibility index (Phi) is 2.59. The summed E-state index contributed by atoms with van der Waals surface area (Å²) in [5.41, 5.74) is -0.714. The van der Waals surface area contributed by atoms with Crippen molar-refractivity contribution in [3.05, 3.63) is 23.3 Å². The zero-order valence-corrected chi connectivity index (χ0v) is 7.64. The van der Waals surface area contributed by atoms with E-state index in [9.17, 15) is 18.3 Å². The molecule has 0 spiro atoms. The minimum absolute atomic E-state index is 0.165. The van der Waals surface area contributed by atoms with Gasteiger partial charge in [0, 0.05) is 6.07 Å². The van der Waals surface area contributed by atoms with Gasteiger partial charge in [-0.2, -0.15) is 13.2 Å². The molecule has 1 aromatic rings. The molecule has 0 atom stereocenters. The lowest BCUT2D eigenvalue weighted by Crippen LogP contribution is -2.07. The molecule has 5 heteroatoms. The van der Waals surface area contributed by atoms with E-state index >= 15 is 0 Å². The number of phenols is 1. The van der Waals surface area contributed by atoms with Crippen LogP contribution in [0, 0.1) is 6.92 Å². The van der Waals surface area contributed by atoms with E-state index < -0.39 is 11.7 Å². The first-order chi connectivity index (χ1) is 6.36. The van der Waals surface area contributed by atoms with Crippen LogP contribution < -0.4 is 4.74 Å². The highest BCUT2D eigenvalue weighted by atomic mass is 19.4.